The van der Waals surface area contributed by atoms with E-state index in [4.69, 9.17) is 4.74 Å². The second-order valence-corrected chi connectivity index (χ2v) is 9.12. The first-order valence-corrected chi connectivity index (χ1v) is 10.2. The van der Waals surface area contributed by atoms with Gasteiger partial charge in [-0.2, -0.15) is 0 Å². The molecule has 1 aromatic rings. The number of hydrogen-bond acceptors (Lipinski definition) is 6. The molecule has 1 amide bonds. The largest absolute Gasteiger partial charge is 0.369 e. The van der Waals surface area contributed by atoms with Crippen molar-refractivity contribution in [2.45, 2.75) is 23.1 Å². The Hall–Kier alpha value is -1.48. The highest BCUT2D eigenvalue weighted by Gasteiger charge is 2.49. The lowest BCUT2D eigenvalue weighted by Gasteiger charge is -2.55. The molecule has 1 aromatic carbocycles. The van der Waals surface area contributed by atoms with E-state index in [1.807, 2.05) is 19.2 Å². The Labute approximate surface area is 148 Å². The number of nitrogens with zero attached hydrogens (tertiary/aromatic N) is 2. The number of likely N-dealkylation sites (N-methyl/N-ethyl adjacent to an activating group) is 2. The van der Waals surface area contributed by atoms with Crippen LogP contribution in [0.5, 0.6) is 0 Å². The number of morpholine rings is 1. The van der Waals surface area contributed by atoms with Crippen molar-refractivity contribution in [3.63, 3.8) is 0 Å². The quantitative estimate of drug-likeness (QED) is 0.789. The summed E-state index contributed by atoms with van der Waals surface area (Å²) >= 11 is 0. The first-order chi connectivity index (χ1) is 11.7. The maximum absolute atomic E-state index is 11.8. The van der Waals surface area contributed by atoms with Crippen LogP contribution in [-0.4, -0.2) is 82.4 Å². The SMILES string of the molecule is CNC(=O)[C@@H]1COC2(CN(Cc3ccc(S(C)(=O)=O)cc3)C2)CN1C. The van der Waals surface area contributed by atoms with Gasteiger partial charge in [0.25, 0.3) is 0 Å². The van der Waals surface area contributed by atoms with E-state index in [0.717, 1.165) is 31.7 Å². The summed E-state index contributed by atoms with van der Waals surface area (Å²) in [5.74, 6) is -0.0144. The van der Waals surface area contributed by atoms with Gasteiger partial charge in [-0.1, -0.05) is 12.1 Å². The van der Waals surface area contributed by atoms with E-state index in [1.165, 1.54) is 6.26 Å². The average Bonchev–Trinajstić information content (AvgIpc) is 2.52. The van der Waals surface area contributed by atoms with Gasteiger partial charge in [-0.15, -0.1) is 0 Å². The van der Waals surface area contributed by atoms with Gasteiger partial charge in [0.1, 0.15) is 11.6 Å². The predicted molar refractivity (Wildman–Crippen MR) is 94.0 cm³/mol. The molecule has 7 nitrogen and oxygen atoms in total. The second kappa shape index (κ2) is 6.68. The highest BCUT2D eigenvalue weighted by Crippen LogP contribution is 2.31. The van der Waals surface area contributed by atoms with E-state index in [9.17, 15) is 13.2 Å². The Bertz CT molecular complexity index is 742. The number of rotatable bonds is 4. The Morgan fingerprint density at radius 2 is 1.92 bits per heavy atom. The van der Waals surface area contributed by atoms with Crippen LogP contribution in [0, 0.1) is 0 Å². The highest BCUT2D eigenvalue weighted by molar-refractivity contribution is 7.90. The van der Waals surface area contributed by atoms with E-state index in [0.29, 0.717) is 11.5 Å². The minimum atomic E-state index is -3.15. The summed E-state index contributed by atoms with van der Waals surface area (Å²) in [6.07, 6.45) is 1.21. The van der Waals surface area contributed by atoms with Crippen LogP contribution >= 0.6 is 0 Å². The van der Waals surface area contributed by atoms with Crippen molar-refractivity contribution in [1.82, 2.24) is 15.1 Å². The fourth-order valence-corrected chi connectivity index (χ4v) is 4.24. The van der Waals surface area contributed by atoms with Gasteiger partial charge in [-0.25, -0.2) is 8.42 Å². The molecule has 0 bridgehead atoms. The van der Waals surface area contributed by atoms with E-state index in [1.54, 1.807) is 19.2 Å². The van der Waals surface area contributed by atoms with E-state index >= 15 is 0 Å². The van der Waals surface area contributed by atoms with Crippen LogP contribution in [0.1, 0.15) is 5.56 Å². The smallest absolute Gasteiger partial charge is 0.239 e. The lowest BCUT2D eigenvalue weighted by molar-refractivity contribution is -0.198. The molecular formula is C17H25N3O4S. The fourth-order valence-electron chi connectivity index (χ4n) is 3.61. The number of likely N-dealkylation sites (tertiary alicyclic amines) is 1. The molecule has 0 aliphatic carbocycles. The standard InChI is InChI=1S/C17H25N3O4S/c1-18-16(21)15-9-24-17(10-19(15)2)11-20(12-17)8-13-4-6-14(7-5-13)25(3,22)23/h4-7,15H,8-12H2,1-3H3,(H,18,21)/t15-/m0/s1. The normalized spacial score (nSPS) is 24.0. The third kappa shape index (κ3) is 3.87. The van der Waals surface area contributed by atoms with E-state index in [-0.39, 0.29) is 17.6 Å². The number of hydrogen-bond donors (Lipinski definition) is 1. The number of sulfone groups is 1. The number of carbonyl (C=O) groups is 1. The van der Waals surface area contributed by atoms with Gasteiger partial charge in [0.2, 0.25) is 5.91 Å². The van der Waals surface area contributed by atoms with Crippen LogP contribution in [0.15, 0.2) is 29.2 Å². The summed E-state index contributed by atoms with van der Waals surface area (Å²) < 4.78 is 29.0. The zero-order valence-electron chi connectivity index (χ0n) is 14.9. The monoisotopic (exact) mass is 367 g/mol. The molecule has 2 heterocycles. The molecular weight excluding hydrogens is 342 g/mol. The zero-order valence-corrected chi connectivity index (χ0v) is 15.7. The zero-order chi connectivity index (χ0) is 18.2. The average molecular weight is 367 g/mol. The fraction of sp³-hybridized carbons (Fsp3) is 0.588. The third-order valence-corrected chi connectivity index (χ3v) is 6.08. The third-order valence-electron chi connectivity index (χ3n) is 4.95. The first kappa shape index (κ1) is 18.3. The molecule has 0 radical (unpaired) electrons. The topological polar surface area (TPSA) is 79.0 Å². The molecule has 1 atom stereocenters. The summed E-state index contributed by atoms with van der Waals surface area (Å²) in [5, 5.41) is 2.67. The summed E-state index contributed by atoms with van der Waals surface area (Å²) in [7, 11) is 0.440. The van der Waals surface area contributed by atoms with Gasteiger partial charge < -0.3 is 10.1 Å². The molecule has 0 unspecified atom stereocenters. The summed E-state index contributed by atoms with van der Waals surface area (Å²) in [6, 6.07) is 6.79. The van der Waals surface area contributed by atoms with Gasteiger partial charge >= 0.3 is 0 Å². The number of carbonyl (C=O) groups excluding carboxylic acids is 1. The Morgan fingerprint density at radius 1 is 1.28 bits per heavy atom. The number of nitrogens with one attached hydrogen (secondary N) is 1. The molecule has 138 valence electrons. The molecule has 1 N–H and O–H groups in total. The van der Waals surface area contributed by atoms with Crippen LogP contribution in [0.3, 0.4) is 0 Å². The molecule has 2 aliphatic heterocycles. The maximum atomic E-state index is 11.8. The van der Waals surface area contributed by atoms with E-state index in [2.05, 4.69) is 15.1 Å². The van der Waals surface area contributed by atoms with Crippen molar-refractivity contribution in [3.05, 3.63) is 29.8 Å². The summed E-state index contributed by atoms with van der Waals surface area (Å²) in [4.78, 5) is 16.5. The van der Waals surface area contributed by atoms with Crippen LogP contribution in [-0.2, 0) is 25.9 Å². The maximum Gasteiger partial charge on any atom is 0.239 e. The van der Waals surface area contributed by atoms with Crippen LogP contribution < -0.4 is 5.32 Å². The van der Waals surface area contributed by atoms with Crippen LogP contribution in [0.4, 0.5) is 0 Å². The van der Waals surface area contributed by atoms with Gasteiger partial charge in [0.05, 0.1) is 11.5 Å². The van der Waals surface area contributed by atoms with Gasteiger partial charge in [-0.3, -0.25) is 14.6 Å². The number of ether oxygens (including phenoxy) is 1. The molecule has 2 saturated heterocycles. The van der Waals surface area contributed by atoms with Gasteiger partial charge in [-0.05, 0) is 24.7 Å². The van der Waals surface area contributed by atoms with E-state index < -0.39 is 9.84 Å². The van der Waals surface area contributed by atoms with Crippen molar-refractivity contribution >= 4 is 15.7 Å². The highest BCUT2D eigenvalue weighted by atomic mass is 32.2. The van der Waals surface area contributed by atoms with Crippen molar-refractivity contribution in [2.24, 2.45) is 0 Å². The first-order valence-electron chi connectivity index (χ1n) is 8.30. The van der Waals surface area contributed by atoms with Crippen molar-refractivity contribution < 1.29 is 17.9 Å². The molecule has 2 fully saturated rings. The van der Waals surface area contributed by atoms with Gasteiger partial charge in [0.15, 0.2) is 9.84 Å². The molecule has 0 aromatic heterocycles. The Kier molecular flexibility index (Phi) is 4.89. The predicted octanol–water partition coefficient (Wildman–Crippen LogP) is -0.279. The minimum Gasteiger partial charge on any atom is -0.369 e. The Balaban J connectivity index is 1.54. The number of amides is 1. The summed E-state index contributed by atoms with van der Waals surface area (Å²) in [5.41, 5.74) is 0.876. The summed E-state index contributed by atoms with van der Waals surface area (Å²) in [6.45, 7) is 3.52. The van der Waals surface area contributed by atoms with Crippen molar-refractivity contribution in [1.29, 1.82) is 0 Å². The lowest BCUT2D eigenvalue weighted by Crippen LogP contribution is -2.71. The molecule has 1 spiro atoms. The van der Waals surface area contributed by atoms with Crippen molar-refractivity contribution in [2.75, 3.05) is 46.6 Å². The molecule has 2 aliphatic rings. The second-order valence-electron chi connectivity index (χ2n) is 7.10. The van der Waals surface area contributed by atoms with Crippen LogP contribution in [0.25, 0.3) is 0 Å². The number of benzene rings is 1. The lowest BCUT2D eigenvalue weighted by atomic mass is 9.90. The van der Waals surface area contributed by atoms with Crippen molar-refractivity contribution in [3.8, 4) is 0 Å². The minimum absolute atomic E-state index is 0.0144. The van der Waals surface area contributed by atoms with Crippen LogP contribution in [0.2, 0.25) is 0 Å². The van der Waals surface area contributed by atoms with Gasteiger partial charge in [0, 0.05) is 39.5 Å². The Morgan fingerprint density at radius 3 is 2.44 bits per heavy atom. The molecule has 3 rings (SSSR count). The molecule has 0 saturated carbocycles. The molecule has 8 heteroatoms. The molecule has 25 heavy (non-hydrogen) atoms.